The number of para-hydroxylation sites is 1. The maximum Gasteiger partial charge on any atom is 0.249 e. The molecule has 0 atom stereocenters. The van der Waals surface area contributed by atoms with Gasteiger partial charge in [0.25, 0.3) is 0 Å². The van der Waals surface area contributed by atoms with Gasteiger partial charge in [-0.05, 0) is 31.2 Å². The second-order valence-corrected chi connectivity index (χ2v) is 5.21. The summed E-state index contributed by atoms with van der Waals surface area (Å²) in [6.07, 6.45) is 1.46. The molecule has 0 amide bonds. The average Bonchev–Trinajstić information content (AvgIpc) is 2.63. The van der Waals surface area contributed by atoms with Gasteiger partial charge in [-0.3, -0.25) is 4.79 Å². The molecule has 1 heterocycles. The number of nitrogens with one attached hydrogen (secondary N) is 2. The second-order valence-electron chi connectivity index (χ2n) is 5.21. The van der Waals surface area contributed by atoms with Crippen LogP contribution in [0.5, 0.6) is 0 Å². The van der Waals surface area contributed by atoms with E-state index in [0.29, 0.717) is 28.3 Å². The summed E-state index contributed by atoms with van der Waals surface area (Å²) >= 11 is 0. The molecule has 0 saturated heterocycles. The Hall–Kier alpha value is -3.79. The summed E-state index contributed by atoms with van der Waals surface area (Å²) in [7, 11) is 0. The molecule has 0 fully saturated rings. The van der Waals surface area contributed by atoms with Crippen molar-refractivity contribution in [1.29, 1.82) is 5.26 Å². The zero-order chi connectivity index (χ0) is 17.6. The summed E-state index contributed by atoms with van der Waals surface area (Å²) < 4.78 is 0. The third kappa shape index (κ3) is 3.95. The Bertz CT molecular complexity index is 964. The first-order valence-corrected chi connectivity index (χ1v) is 7.49. The molecular formula is C18H14N6O. The van der Waals surface area contributed by atoms with E-state index in [1.807, 2.05) is 6.07 Å². The Morgan fingerprint density at radius 3 is 2.76 bits per heavy atom. The minimum Gasteiger partial charge on any atom is -0.338 e. The van der Waals surface area contributed by atoms with Crippen molar-refractivity contribution < 1.29 is 4.79 Å². The predicted molar refractivity (Wildman–Crippen MR) is 94.0 cm³/mol. The van der Waals surface area contributed by atoms with Gasteiger partial charge in [0.1, 0.15) is 6.07 Å². The summed E-state index contributed by atoms with van der Waals surface area (Å²) in [6.45, 7) is 1.51. The maximum atomic E-state index is 11.5. The Morgan fingerprint density at radius 2 is 1.96 bits per heavy atom. The van der Waals surface area contributed by atoms with Gasteiger partial charge in [-0.15, -0.1) is 5.10 Å². The largest absolute Gasteiger partial charge is 0.338 e. The molecule has 1 aromatic heterocycles. The first-order valence-electron chi connectivity index (χ1n) is 7.49. The molecule has 0 unspecified atom stereocenters. The van der Waals surface area contributed by atoms with Crippen molar-refractivity contribution in [3.8, 4) is 6.07 Å². The van der Waals surface area contributed by atoms with Crippen LogP contribution in [0.1, 0.15) is 22.8 Å². The summed E-state index contributed by atoms with van der Waals surface area (Å²) in [5.74, 6) is 0.703. The van der Waals surface area contributed by atoms with Crippen LogP contribution in [0, 0.1) is 11.3 Å². The minimum absolute atomic E-state index is 0.0220. The highest BCUT2D eigenvalue weighted by atomic mass is 16.1. The molecule has 7 nitrogen and oxygen atoms in total. The van der Waals surface area contributed by atoms with Crippen LogP contribution in [-0.2, 0) is 0 Å². The van der Waals surface area contributed by atoms with Crippen molar-refractivity contribution in [2.75, 3.05) is 10.6 Å². The lowest BCUT2D eigenvalue weighted by atomic mass is 10.1. The van der Waals surface area contributed by atoms with Crippen molar-refractivity contribution in [3.63, 3.8) is 0 Å². The standard InChI is InChI=1S/C18H14N6O/c1-12(25)13-6-4-7-15(9-13)21-18-23-17(11-20-24-18)22-16-8-3-2-5-14(16)10-19/h2-9,11H,1H3,(H2,21,22,23,24). The van der Waals surface area contributed by atoms with E-state index >= 15 is 0 Å². The van der Waals surface area contributed by atoms with Crippen LogP contribution in [0.3, 0.4) is 0 Å². The third-order valence-electron chi connectivity index (χ3n) is 3.39. The van der Waals surface area contributed by atoms with Gasteiger partial charge in [0, 0.05) is 11.3 Å². The molecule has 2 N–H and O–H groups in total. The van der Waals surface area contributed by atoms with Crippen molar-refractivity contribution in [1.82, 2.24) is 15.2 Å². The van der Waals surface area contributed by atoms with E-state index in [1.165, 1.54) is 13.1 Å². The number of ketones is 1. The van der Waals surface area contributed by atoms with Crippen molar-refractivity contribution in [2.24, 2.45) is 0 Å². The first kappa shape index (κ1) is 16.1. The number of benzene rings is 2. The molecular weight excluding hydrogens is 316 g/mol. The second kappa shape index (κ2) is 7.19. The van der Waals surface area contributed by atoms with Crippen LogP contribution < -0.4 is 10.6 Å². The van der Waals surface area contributed by atoms with Gasteiger partial charge in [0.2, 0.25) is 5.95 Å². The number of carbonyl (C=O) groups excluding carboxylic acids is 1. The van der Waals surface area contributed by atoms with Gasteiger partial charge in [-0.25, -0.2) is 0 Å². The zero-order valence-corrected chi connectivity index (χ0v) is 13.4. The third-order valence-corrected chi connectivity index (χ3v) is 3.39. The summed E-state index contributed by atoms with van der Waals surface area (Å²) in [4.78, 5) is 15.8. The number of aromatic nitrogens is 3. The summed E-state index contributed by atoms with van der Waals surface area (Å²) in [5, 5.41) is 23.0. The normalized spacial score (nSPS) is 9.92. The van der Waals surface area contributed by atoms with Crippen LogP contribution in [-0.4, -0.2) is 21.0 Å². The molecule has 122 valence electrons. The molecule has 0 aliphatic heterocycles. The molecule has 0 saturated carbocycles. The minimum atomic E-state index is -0.0220. The van der Waals surface area contributed by atoms with Gasteiger partial charge in [0.05, 0.1) is 17.4 Å². The number of rotatable bonds is 5. The average molecular weight is 330 g/mol. The Morgan fingerprint density at radius 1 is 1.12 bits per heavy atom. The molecule has 2 aromatic carbocycles. The van der Waals surface area contributed by atoms with E-state index in [-0.39, 0.29) is 11.7 Å². The van der Waals surface area contributed by atoms with E-state index < -0.39 is 0 Å². The molecule has 0 bridgehead atoms. The molecule has 3 rings (SSSR count). The number of Topliss-reactive ketones (excluding diaryl/α,β-unsaturated/α-hetero) is 1. The Balaban J connectivity index is 1.81. The summed E-state index contributed by atoms with van der Waals surface area (Å²) in [5.41, 5.74) is 2.42. The van der Waals surface area contributed by atoms with Crippen molar-refractivity contribution >= 4 is 28.9 Å². The van der Waals surface area contributed by atoms with E-state index in [4.69, 9.17) is 5.26 Å². The van der Waals surface area contributed by atoms with Crippen molar-refractivity contribution in [2.45, 2.75) is 6.92 Å². The Labute approximate surface area is 144 Å². The fourth-order valence-corrected chi connectivity index (χ4v) is 2.19. The first-order chi connectivity index (χ1) is 12.2. The van der Waals surface area contributed by atoms with Crippen LogP contribution >= 0.6 is 0 Å². The van der Waals surface area contributed by atoms with Gasteiger partial charge in [0.15, 0.2) is 11.6 Å². The molecule has 0 aliphatic carbocycles. The maximum absolute atomic E-state index is 11.5. The number of hydrogen-bond acceptors (Lipinski definition) is 7. The van der Waals surface area contributed by atoms with E-state index in [0.717, 1.165) is 0 Å². The number of carbonyl (C=O) groups is 1. The molecule has 25 heavy (non-hydrogen) atoms. The number of nitriles is 1. The highest BCUT2D eigenvalue weighted by molar-refractivity contribution is 5.95. The summed E-state index contributed by atoms with van der Waals surface area (Å²) in [6, 6.07) is 16.3. The SMILES string of the molecule is CC(=O)c1cccc(Nc2nncc(Nc3ccccc3C#N)n2)c1. The van der Waals surface area contributed by atoms with Gasteiger partial charge in [-0.2, -0.15) is 15.3 Å². The van der Waals surface area contributed by atoms with Crippen LogP contribution in [0.25, 0.3) is 0 Å². The molecule has 0 aliphatic rings. The van der Waals surface area contributed by atoms with Crippen LogP contribution in [0.2, 0.25) is 0 Å². The van der Waals surface area contributed by atoms with E-state index in [1.54, 1.807) is 42.5 Å². The topological polar surface area (TPSA) is 104 Å². The Kier molecular flexibility index (Phi) is 4.62. The van der Waals surface area contributed by atoms with E-state index in [9.17, 15) is 4.79 Å². The number of hydrogen-bond donors (Lipinski definition) is 2. The molecule has 7 heteroatoms. The molecule has 0 radical (unpaired) electrons. The van der Waals surface area contributed by atoms with Crippen molar-refractivity contribution in [3.05, 3.63) is 65.9 Å². The highest BCUT2D eigenvalue weighted by Gasteiger charge is 2.06. The predicted octanol–water partition coefficient (Wildman–Crippen LogP) is 3.43. The fraction of sp³-hybridized carbons (Fsp3) is 0.0556. The lowest BCUT2D eigenvalue weighted by Crippen LogP contribution is -2.03. The smallest absolute Gasteiger partial charge is 0.249 e. The zero-order valence-electron chi connectivity index (χ0n) is 13.4. The van der Waals surface area contributed by atoms with Gasteiger partial charge in [-0.1, -0.05) is 24.3 Å². The quantitative estimate of drug-likeness (QED) is 0.691. The molecule has 0 spiro atoms. The van der Waals surface area contributed by atoms with Crippen LogP contribution in [0.15, 0.2) is 54.7 Å². The van der Waals surface area contributed by atoms with Gasteiger partial charge < -0.3 is 10.6 Å². The van der Waals surface area contributed by atoms with Gasteiger partial charge >= 0.3 is 0 Å². The monoisotopic (exact) mass is 330 g/mol. The number of anilines is 4. The van der Waals surface area contributed by atoms with Crippen LogP contribution in [0.4, 0.5) is 23.1 Å². The lowest BCUT2D eigenvalue weighted by Gasteiger charge is -2.09. The van der Waals surface area contributed by atoms with E-state index in [2.05, 4.69) is 31.9 Å². The highest BCUT2D eigenvalue weighted by Crippen LogP contribution is 2.20. The fourth-order valence-electron chi connectivity index (χ4n) is 2.19. The lowest BCUT2D eigenvalue weighted by molar-refractivity contribution is 0.101. The molecule has 3 aromatic rings. The number of nitrogens with zero attached hydrogens (tertiary/aromatic N) is 4.